The average Bonchev–Trinajstić information content (AvgIpc) is 2.74. The zero-order valence-electron chi connectivity index (χ0n) is 10.5. The minimum Gasteiger partial charge on any atom is -0.444 e. The van der Waals surface area contributed by atoms with Crippen LogP contribution in [0.3, 0.4) is 0 Å². The van der Waals surface area contributed by atoms with Crippen molar-refractivity contribution in [2.75, 3.05) is 0 Å². The van der Waals surface area contributed by atoms with Gasteiger partial charge in [-0.25, -0.2) is 4.79 Å². The Labute approximate surface area is 101 Å². The molecule has 0 aliphatic carbocycles. The van der Waals surface area contributed by atoms with Gasteiger partial charge >= 0.3 is 6.09 Å². The molecule has 1 amide bonds. The molecule has 17 heavy (non-hydrogen) atoms. The molecule has 0 spiro atoms. The Morgan fingerprint density at radius 3 is 2.59 bits per heavy atom. The summed E-state index contributed by atoms with van der Waals surface area (Å²) >= 11 is 0. The van der Waals surface area contributed by atoms with E-state index in [1.165, 1.54) is 0 Å². The smallest absolute Gasteiger partial charge is 0.408 e. The van der Waals surface area contributed by atoms with Gasteiger partial charge in [0.25, 0.3) is 0 Å². The fraction of sp³-hybridized carbons (Fsp3) is 0.833. The predicted octanol–water partition coefficient (Wildman–Crippen LogP) is 1.40. The number of alkyl carbamates (subject to hydrolysis) is 1. The summed E-state index contributed by atoms with van der Waals surface area (Å²) in [6.07, 6.45) is 2.48. The molecule has 2 aliphatic heterocycles. The number of amides is 1. The molecule has 1 N–H and O–H groups in total. The van der Waals surface area contributed by atoms with E-state index in [4.69, 9.17) is 9.47 Å². The lowest BCUT2D eigenvalue weighted by Gasteiger charge is -2.31. The van der Waals surface area contributed by atoms with Crippen molar-refractivity contribution >= 4 is 12.4 Å². The summed E-state index contributed by atoms with van der Waals surface area (Å²) in [5, 5.41) is 2.68. The molecule has 2 bridgehead atoms. The molecule has 96 valence electrons. The molecule has 2 aliphatic rings. The van der Waals surface area contributed by atoms with Crippen LogP contribution in [0.15, 0.2) is 0 Å². The Bertz CT molecular complexity index is 336. The maximum Gasteiger partial charge on any atom is 0.408 e. The number of nitrogens with one attached hydrogen (secondary N) is 1. The van der Waals surface area contributed by atoms with Crippen molar-refractivity contribution in [1.82, 2.24) is 5.32 Å². The molecule has 2 saturated heterocycles. The summed E-state index contributed by atoms with van der Waals surface area (Å²) in [7, 11) is 0. The van der Waals surface area contributed by atoms with E-state index in [-0.39, 0.29) is 12.2 Å². The average molecular weight is 241 g/mol. The van der Waals surface area contributed by atoms with E-state index >= 15 is 0 Å². The van der Waals surface area contributed by atoms with Gasteiger partial charge < -0.3 is 19.6 Å². The maximum atomic E-state index is 11.7. The SMILES string of the molecule is CC(C)(C)OC(=O)NC1(C=O)CC2CCC1O2. The molecular formula is C12H19NO4. The van der Waals surface area contributed by atoms with Crippen LogP contribution in [0, 0.1) is 0 Å². The Morgan fingerprint density at radius 1 is 1.47 bits per heavy atom. The standard InChI is InChI=1S/C12H19NO4/c1-11(2,3)17-10(15)13-12(7-14)6-8-4-5-9(12)16-8/h7-9H,4-6H2,1-3H3,(H,13,15). The number of carbonyl (C=O) groups is 2. The van der Waals surface area contributed by atoms with Gasteiger partial charge in [0, 0.05) is 6.42 Å². The molecule has 3 unspecified atom stereocenters. The van der Waals surface area contributed by atoms with E-state index < -0.39 is 17.2 Å². The van der Waals surface area contributed by atoms with Crippen molar-refractivity contribution in [2.45, 2.75) is 63.4 Å². The summed E-state index contributed by atoms with van der Waals surface area (Å²) in [6, 6.07) is 0. The van der Waals surface area contributed by atoms with Gasteiger partial charge in [-0.15, -0.1) is 0 Å². The second-order valence-corrected chi connectivity index (χ2v) is 5.81. The van der Waals surface area contributed by atoms with Crippen molar-refractivity contribution in [1.29, 1.82) is 0 Å². The van der Waals surface area contributed by atoms with Gasteiger partial charge in [-0.2, -0.15) is 0 Å². The first-order valence-corrected chi connectivity index (χ1v) is 5.98. The number of hydrogen-bond donors (Lipinski definition) is 1. The fourth-order valence-corrected chi connectivity index (χ4v) is 2.52. The van der Waals surface area contributed by atoms with E-state index in [0.717, 1.165) is 19.1 Å². The maximum absolute atomic E-state index is 11.7. The number of fused-ring (bicyclic) bond motifs is 2. The Hall–Kier alpha value is -1.10. The van der Waals surface area contributed by atoms with Crippen LogP contribution in [-0.4, -0.2) is 35.7 Å². The summed E-state index contributed by atoms with van der Waals surface area (Å²) < 4.78 is 10.8. The third-order valence-corrected chi connectivity index (χ3v) is 3.19. The van der Waals surface area contributed by atoms with Crippen LogP contribution >= 0.6 is 0 Å². The van der Waals surface area contributed by atoms with Gasteiger partial charge in [0.1, 0.15) is 17.4 Å². The topological polar surface area (TPSA) is 64.6 Å². The van der Waals surface area contributed by atoms with Crippen LogP contribution in [0.5, 0.6) is 0 Å². The first kappa shape index (κ1) is 12.4. The Kier molecular flexibility index (Phi) is 2.89. The summed E-state index contributed by atoms with van der Waals surface area (Å²) in [4.78, 5) is 23.0. The monoisotopic (exact) mass is 241 g/mol. The highest BCUT2D eigenvalue weighted by Gasteiger charge is 2.54. The molecule has 0 saturated carbocycles. The van der Waals surface area contributed by atoms with Crippen LogP contribution in [0.4, 0.5) is 4.79 Å². The third-order valence-electron chi connectivity index (χ3n) is 3.19. The van der Waals surface area contributed by atoms with Crippen molar-refractivity contribution in [3.05, 3.63) is 0 Å². The van der Waals surface area contributed by atoms with Crippen LogP contribution in [-0.2, 0) is 14.3 Å². The molecule has 0 aromatic carbocycles. The van der Waals surface area contributed by atoms with Gasteiger partial charge in [0.2, 0.25) is 0 Å². The van der Waals surface area contributed by atoms with Crippen LogP contribution in [0.25, 0.3) is 0 Å². The predicted molar refractivity (Wildman–Crippen MR) is 60.7 cm³/mol. The molecule has 5 heteroatoms. The van der Waals surface area contributed by atoms with Crippen molar-refractivity contribution in [2.24, 2.45) is 0 Å². The van der Waals surface area contributed by atoms with Crippen molar-refractivity contribution in [3.8, 4) is 0 Å². The van der Waals surface area contributed by atoms with Crippen molar-refractivity contribution < 1.29 is 19.1 Å². The fourth-order valence-electron chi connectivity index (χ4n) is 2.52. The Balaban J connectivity index is 2.01. The zero-order valence-corrected chi connectivity index (χ0v) is 10.5. The number of ether oxygens (including phenoxy) is 2. The van der Waals surface area contributed by atoms with Gasteiger partial charge in [-0.3, -0.25) is 0 Å². The first-order valence-electron chi connectivity index (χ1n) is 5.98. The van der Waals surface area contributed by atoms with Gasteiger partial charge in [0.05, 0.1) is 12.2 Å². The van der Waals surface area contributed by atoms with E-state index in [1.807, 2.05) is 0 Å². The largest absolute Gasteiger partial charge is 0.444 e. The highest BCUT2D eigenvalue weighted by atomic mass is 16.6. The van der Waals surface area contributed by atoms with Gasteiger partial charge in [-0.1, -0.05) is 0 Å². The second kappa shape index (κ2) is 3.98. The number of hydrogen-bond acceptors (Lipinski definition) is 4. The molecule has 5 nitrogen and oxygen atoms in total. The highest BCUT2D eigenvalue weighted by molar-refractivity contribution is 5.78. The lowest BCUT2D eigenvalue weighted by molar-refractivity contribution is -0.115. The minimum atomic E-state index is -0.884. The van der Waals surface area contributed by atoms with Crippen LogP contribution < -0.4 is 5.32 Å². The van der Waals surface area contributed by atoms with E-state index in [9.17, 15) is 9.59 Å². The first-order chi connectivity index (χ1) is 7.85. The van der Waals surface area contributed by atoms with E-state index in [1.54, 1.807) is 20.8 Å². The molecule has 2 heterocycles. The summed E-state index contributed by atoms with van der Waals surface area (Å²) in [6.45, 7) is 5.37. The van der Waals surface area contributed by atoms with Gasteiger partial charge in [-0.05, 0) is 33.6 Å². The number of carbonyl (C=O) groups excluding carboxylic acids is 2. The molecule has 0 radical (unpaired) electrons. The minimum absolute atomic E-state index is 0.0973. The van der Waals surface area contributed by atoms with E-state index in [0.29, 0.717) is 6.42 Å². The molecule has 0 aromatic rings. The van der Waals surface area contributed by atoms with Crippen molar-refractivity contribution in [3.63, 3.8) is 0 Å². The number of rotatable bonds is 2. The molecule has 3 atom stereocenters. The molecule has 2 fully saturated rings. The van der Waals surface area contributed by atoms with Crippen LogP contribution in [0.2, 0.25) is 0 Å². The van der Waals surface area contributed by atoms with Gasteiger partial charge in [0.15, 0.2) is 0 Å². The zero-order chi connectivity index (χ0) is 12.7. The normalized spacial score (nSPS) is 35.7. The van der Waals surface area contributed by atoms with Crippen LogP contribution in [0.1, 0.15) is 40.0 Å². The molecule has 2 rings (SSSR count). The summed E-state index contributed by atoms with van der Waals surface area (Å²) in [5.41, 5.74) is -1.45. The quantitative estimate of drug-likeness (QED) is 0.742. The molecule has 0 aromatic heterocycles. The lowest BCUT2D eigenvalue weighted by Crippen LogP contribution is -2.57. The lowest BCUT2D eigenvalue weighted by atomic mass is 9.83. The number of aldehydes is 1. The Morgan fingerprint density at radius 2 is 2.18 bits per heavy atom. The summed E-state index contributed by atoms with van der Waals surface area (Å²) in [5.74, 6) is 0. The third kappa shape index (κ3) is 2.44. The highest BCUT2D eigenvalue weighted by Crippen LogP contribution is 2.40. The molecular weight excluding hydrogens is 222 g/mol. The van der Waals surface area contributed by atoms with E-state index in [2.05, 4.69) is 5.32 Å². The second-order valence-electron chi connectivity index (χ2n) is 5.81.